The average Bonchev–Trinajstić information content (AvgIpc) is 2.25. The monoisotopic (exact) mass is 231 g/mol. The maximum absolute atomic E-state index is 11.1. The second-order valence-corrected chi connectivity index (χ2v) is 6.12. The molecule has 86 valence electrons. The Kier molecular flexibility index (Phi) is 3.38. The van der Waals surface area contributed by atoms with E-state index in [-0.39, 0.29) is 11.8 Å². The normalized spacial score (nSPS) is 13.9. The average molecular weight is 231 g/mol. The molecule has 0 saturated heterocycles. The Balaban J connectivity index is 2.66. The third-order valence-corrected chi connectivity index (χ3v) is 3.07. The molecular weight excluding hydrogens is 214 g/mol. The topological polar surface area (TPSA) is 64.0 Å². The molecular formula is C9H17N3O2S. The van der Waals surface area contributed by atoms with Crippen molar-refractivity contribution in [3.05, 3.63) is 11.9 Å². The zero-order valence-electron chi connectivity index (χ0n) is 9.48. The number of rotatable bonds is 4. The first kappa shape index (κ1) is 12.0. The molecule has 0 radical (unpaired) electrons. The summed E-state index contributed by atoms with van der Waals surface area (Å²) < 4.78 is 23.8. The Morgan fingerprint density at radius 2 is 2.20 bits per heavy atom. The molecule has 0 amide bonds. The van der Waals surface area contributed by atoms with E-state index in [0.29, 0.717) is 0 Å². The number of sulfone groups is 1. The van der Waals surface area contributed by atoms with Gasteiger partial charge in [0.1, 0.15) is 9.84 Å². The predicted octanol–water partition coefficient (Wildman–Crippen LogP) is 0.574. The van der Waals surface area contributed by atoms with Crippen LogP contribution in [-0.2, 0) is 16.9 Å². The summed E-state index contributed by atoms with van der Waals surface area (Å²) in [6.07, 6.45) is 3.08. The van der Waals surface area contributed by atoms with Crippen LogP contribution in [0.5, 0.6) is 0 Å². The third kappa shape index (κ3) is 3.91. The molecule has 0 fully saturated rings. The van der Waals surface area contributed by atoms with Gasteiger partial charge in [0.25, 0.3) is 0 Å². The van der Waals surface area contributed by atoms with Gasteiger partial charge in [-0.2, -0.15) is 5.10 Å². The molecule has 1 rings (SSSR count). The number of nitrogens with one attached hydrogen (secondary N) is 1. The highest BCUT2D eigenvalue weighted by atomic mass is 32.2. The van der Waals surface area contributed by atoms with Crippen molar-refractivity contribution in [3.8, 4) is 0 Å². The van der Waals surface area contributed by atoms with Crippen LogP contribution in [-0.4, -0.2) is 36.2 Å². The van der Waals surface area contributed by atoms with E-state index < -0.39 is 9.84 Å². The summed E-state index contributed by atoms with van der Waals surface area (Å²) >= 11 is 0. The lowest BCUT2D eigenvalue weighted by Gasteiger charge is -2.12. The lowest BCUT2D eigenvalue weighted by atomic mass is 10.3. The fourth-order valence-corrected chi connectivity index (χ4v) is 2.49. The van der Waals surface area contributed by atoms with Crippen LogP contribution in [0, 0.1) is 6.92 Å². The second kappa shape index (κ2) is 4.22. The van der Waals surface area contributed by atoms with Gasteiger partial charge in [-0.15, -0.1) is 0 Å². The standard InChI is InChI=1S/C9H17N3O2S/c1-7(6-15(4,13)14)10-9-5-12(3)11-8(9)2/h5,7,10H,6H2,1-4H3. The first-order valence-electron chi connectivity index (χ1n) is 4.72. The molecule has 5 nitrogen and oxygen atoms in total. The van der Waals surface area contributed by atoms with Crippen LogP contribution in [0.15, 0.2) is 6.20 Å². The van der Waals surface area contributed by atoms with Crippen molar-refractivity contribution in [2.75, 3.05) is 17.3 Å². The Morgan fingerprint density at radius 1 is 1.60 bits per heavy atom. The van der Waals surface area contributed by atoms with Crippen molar-refractivity contribution in [3.63, 3.8) is 0 Å². The van der Waals surface area contributed by atoms with Gasteiger partial charge in [-0.05, 0) is 13.8 Å². The molecule has 15 heavy (non-hydrogen) atoms. The van der Waals surface area contributed by atoms with Crippen LogP contribution in [0.4, 0.5) is 5.69 Å². The van der Waals surface area contributed by atoms with E-state index in [1.54, 1.807) is 4.68 Å². The lowest BCUT2D eigenvalue weighted by Crippen LogP contribution is -2.25. The molecule has 0 bridgehead atoms. The number of hydrogen-bond donors (Lipinski definition) is 1. The van der Waals surface area contributed by atoms with Gasteiger partial charge < -0.3 is 5.32 Å². The number of hydrogen-bond acceptors (Lipinski definition) is 4. The summed E-state index contributed by atoms with van der Waals surface area (Å²) in [6, 6.07) is -0.108. The molecule has 6 heteroatoms. The second-order valence-electron chi connectivity index (χ2n) is 3.94. The highest BCUT2D eigenvalue weighted by molar-refractivity contribution is 7.90. The summed E-state index contributed by atoms with van der Waals surface area (Å²) in [7, 11) is -1.11. The molecule has 0 aromatic carbocycles. The van der Waals surface area contributed by atoms with Gasteiger partial charge in [-0.1, -0.05) is 0 Å². The van der Waals surface area contributed by atoms with Crippen molar-refractivity contribution in [1.29, 1.82) is 0 Å². The number of nitrogens with zero attached hydrogens (tertiary/aromatic N) is 2. The summed E-state index contributed by atoms with van der Waals surface area (Å²) in [6.45, 7) is 3.73. The van der Waals surface area contributed by atoms with E-state index >= 15 is 0 Å². The highest BCUT2D eigenvalue weighted by Crippen LogP contribution is 2.13. The van der Waals surface area contributed by atoms with Gasteiger partial charge >= 0.3 is 0 Å². The smallest absolute Gasteiger partial charge is 0.149 e. The van der Waals surface area contributed by atoms with E-state index in [9.17, 15) is 8.42 Å². The van der Waals surface area contributed by atoms with E-state index in [1.807, 2.05) is 27.1 Å². The fraction of sp³-hybridized carbons (Fsp3) is 0.667. The number of aromatic nitrogens is 2. The minimum atomic E-state index is -2.94. The predicted molar refractivity (Wildman–Crippen MR) is 60.7 cm³/mol. The molecule has 0 aliphatic carbocycles. The van der Waals surface area contributed by atoms with Crippen LogP contribution in [0.1, 0.15) is 12.6 Å². The molecule has 1 heterocycles. The zero-order valence-corrected chi connectivity index (χ0v) is 10.3. The van der Waals surface area contributed by atoms with Gasteiger partial charge in [0.15, 0.2) is 0 Å². The van der Waals surface area contributed by atoms with E-state index in [4.69, 9.17) is 0 Å². The van der Waals surface area contributed by atoms with Gasteiger partial charge in [0.2, 0.25) is 0 Å². The maximum Gasteiger partial charge on any atom is 0.149 e. The van der Waals surface area contributed by atoms with Crippen LogP contribution in [0.25, 0.3) is 0 Å². The molecule has 1 N–H and O–H groups in total. The Morgan fingerprint density at radius 3 is 2.60 bits per heavy atom. The minimum absolute atomic E-state index is 0.108. The van der Waals surface area contributed by atoms with E-state index in [0.717, 1.165) is 11.4 Å². The zero-order chi connectivity index (χ0) is 11.6. The van der Waals surface area contributed by atoms with Gasteiger partial charge in [-0.3, -0.25) is 4.68 Å². The quantitative estimate of drug-likeness (QED) is 0.823. The first-order chi connectivity index (χ1) is 6.78. The van der Waals surface area contributed by atoms with Crippen molar-refractivity contribution >= 4 is 15.5 Å². The summed E-state index contributed by atoms with van der Waals surface area (Å²) in [5, 5.41) is 7.29. The minimum Gasteiger partial charge on any atom is -0.379 e. The van der Waals surface area contributed by atoms with Gasteiger partial charge in [0.05, 0.1) is 17.1 Å². The number of anilines is 1. The summed E-state index contributed by atoms with van der Waals surface area (Å²) in [5.74, 6) is 0.126. The van der Waals surface area contributed by atoms with Crippen LogP contribution in [0.3, 0.4) is 0 Å². The largest absolute Gasteiger partial charge is 0.379 e. The molecule has 0 saturated carbocycles. The molecule has 1 atom stereocenters. The van der Waals surface area contributed by atoms with Gasteiger partial charge in [-0.25, -0.2) is 8.42 Å². The first-order valence-corrected chi connectivity index (χ1v) is 6.78. The van der Waals surface area contributed by atoms with Crippen molar-refractivity contribution in [1.82, 2.24) is 9.78 Å². The van der Waals surface area contributed by atoms with E-state index in [1.165, 1.54) is 6.26 Å². The molecule has 1 aromatic heterocycles. The molecule has 1 unspecified atom stereocenters. The lowest BCUT2D eigenvalue weighted by molar-refractivity contribution is 0.598. The Hall–Kier alpha value is -1.04. The Bertz CT molecular complexity index is 436. The Labute approximate surface area is 90.4 Å². The van der Waals surface area contributed by atoms with Gasteiger partial charge in [0, 0.05) is 25.5 Å². The summed E-state index contributed by atoms with van der Waals surface area (Å²) in [5.41, 5.74) is 1.76. The molecule has 0 spiro atoms. The van der Waals surface area contributed by atoms with Crippen LogP contribution in [0.2, 0.25) is 0 Å². The third-order valence-electron chi connectivity index (χ3n) is 1.97. The van der Waals surface area contributed by atoms with Crippen molar-refractivity contribution in [2.24, 2.45) is 7.05 Å². The van der Waals surface area contributed by atoms with Crippen molar-refractivity contribution in [2.45, 2.75) is 19.9 Å². The molecule has 0 aliphatic rings. The summed E-state index contributed by atoms with van der Waals surface area (Å²) in [4.78, 5) is 0. The van der Waals surface area contributed by atoms with E-state index in [2.05, 4.69) is 10.4 Å². The highest BCUT2D eigenvalue weighted by Gasteiger charge is 2.12. The molecule has 1 aromatic rings. The maximum atomic E-state index is 11.1. The van der Waals surface area contributed by atoms with Crippen LogP contribution < -0.4 is 5.32 Å². The molecule has 0 aliphatic heterocycles. The number of aryl methyl sites for hydroxylation is 2. The van der Waals surface area contributed by atoms with Crippen LogP contribution >= 0.6 is 0 Å². The van der Waals surface area contributed by atoms with Crippen molar-refractivity contribution < 1.29 is 8.42 Å². The SMILES string of the molecule is Cc1nn(C)cc1NC(C)CS(C)(=O)=O. The fourth-order valence-electron chi connectivity index (χ4n) is 1.50.